The molecule has 9 heteroatoms. The van der Waals surface area contributed by atoms with Crippen molar-refractivity contribution < 1.29 is 32.9 Å². The fourth-order valence-electron chi connectivity index (χ4n) is 9.24. The lowest BCUT2D eigenvalue weighted by molar-refractivity contribution is -0.870. The Morgan fingerprint density at radius 3 is 1.10 bits per heavy atom. The van der Waals surface area contributed by atoms with Gasteiger partial charge in [-0.25, -0.2) is 4.57 Å². The molecule has 0 aliphatic rings. The highest BCUT2D eigenvalue weighted by atomic mass is 31.2. The van der Waals surface area contributed by atoms with Crippen LogP contribution in [0.15, 0.2) is 146 Å². The number of nitrogens with zero attached hydrogens (tertiary/aromatic N) is 1. The van der Waals surface area contributed by atoms with Gasteiger partial charge in [0.2, 0.25) is 5.91 Å². The Morgan fingerprint density at radius 2 is 0.726 bits per heavy atom. The standard InChI is InChI=1S/C75H129N2O6P/c1-6-8-10-12-14-16-18-20-22-24-26-28-30-32-34-35-36-37-38-39-40-41-43-45-47-49-51-53-55-57-59-61-63-65-67-69-75(79)76-73(72-83-84(80,81)82-71-70-77(3,4)5)74(78)68-66-64-62-60-58-56-54-52-50-48-46-44-42-33-31-29-27-25-23-21-19-17-15-13-11-9-7-2/h8,10,14,16,20,22,26,28,32,34,36-37,39-40,43,45,49-52,58,60,66,68,73-74,78H,6-7,9,11-13,15,17-19,21,23-25,27,29-31,33,35,38,41-42,44,46-48,53-57,59,61-65,67,69-72H2,1-5H3,(H-,76,79,80,81)/p+1/b10-8-,16-14-,22-20-,28-26-,34-32-,37-36-,40-39-,45-43-,51-49-,52-50+,60-58+,68-66+. The summed E-state index contributed by atoms with van der Waals surface area (Å²) in [6.07, 6.45) is 98.4. The number of rotatable bonds is 61. The number of allylic oxidation sites excluding steroid dienone is 23. The first-order valence-electron chi connectivity index (χ1n) is 34.2. The first kappa shape index (κ1) is 80.4. The van der Waals surface area contributed by atoms with E-state index >= 15 is 0 Å². The Labute approximate surface area is 519 Å². The molecular formula is C75H130N2O6P+. The summed E-state index contributed by atoms with van der Waals surface area (Å²) in [5.41, 5.74) is 0. The van der Waals surface area contributed by atoms with Crippen molar-refractivity contribution >= 4 is 13.7 Å². The number of unbranched alkanes of at least 4 members (excludes halogenated alkanes) is 26. The molecule has 0 aromatic heterocycles. The van der Waals surface area contributed by atoms with Crippen LogP contribution in [0.4, 0.5) is 0 Å². The van der Waals surface area contributed by atoms with Gasteiger partial charge >= 0.3 is 7.82 Å². The summed E-state index contributed by atoms with van der Waals surface area (Å²) < 4.78 is 23.8. The molecule has 0 rings (SSSR count). The lowest BCUT2D eigenvalue weighted by Gasteiger charge is -2.25. The summed E-state index contributed by atoms with van der Waals surface area (Å²) in [5.74, 6) is -0.207. The molecule has 0 bridgehead atoms. The maximum Gasteiger partial charge on any atom is 0.472 e. The van der Waals surface area contributed by atoms with Gasteiger partial charge in [-0.3, -0.25) is 13.8 Å². The second-order valence-corrected chi connectivity index (χ2v) is 25.3. The summed E-state index contributed by atoms with van der Waals surface area (Å²) in [6, 6.07) is -0.889. The molecule has 0 saturated carbocycles. The molecule has 3 atom stereocenters. The molecule has 0 aromatic carbocycles. The number of hydrogen-bond donors (Lipinski definition) is 3. The van der Waals surface area contributed by atoms with Crippen LogP contribution in [0.1, 0.15) is 271 Å². The molecule has 0 radical (unpaired) electrons. The zero-order chi connectivity index (χ0) is 61.2. The molecule has 0 aliphatic carbocycles. The number of quaternary nitrogens is 1. The number of likely N-dealkylation sites (N-methyl/N-ethyl adjacent to an activating group) is 1. The van der Waals surface area contributed by atoms with Gasteiger partial charge in [-0.1, -0.05) is 295 Å². The molecule has 8 nitrogen and oxygen atoms in total. The van der Waals surface area contributed by atoms with Crippen molar-refractivity contribution in [3.05, 3.63) is 146 Å². The van der Waals surface area contributed by atoms with Crippen LogP contribution in [0.5, 0.6) is 0 Å². The third-order valence-electron chi connectivity index (χ3n) is 14.5. The zero-order valence-corrected chi connectivity index (χ0v) is 55.7. The highest BCUT2D eigenvalue weighted by molar-refractivity contribution is 7.47. The van der Waals surface area contributed by atoms with Gasteiger partial charge in [0.05, 0.1) is 39.9 Å². The van der Waals surface area contributed by atoms with Gasteiger partial charge < -0.3 is 19.8 Å². The van der Waals surface area contributed by atoms with Crippen LogP contribution in [0.2, 0.25) is 0 Å². The van der Waals surface area contributed by atoms with Crippen molar-refractivity contribution in [3.8, 4) is 0 Å². The number of nitrogens with one attached hydrogen (secondary N) is 1. The Morgan fingerprint density at radius 1 is 0.417 bits per heavy atom. The van der Waals surface area contributed by atoms with Crippen molar-refractivity contribution in [2.24, 2.45) is 0 Å². The second-order valence-electron chi connectivity index (χ2n) is 23.8. The molecular weight excluding hydrogens is 1060 g/mol. The number of phosphoric acid groups is 1. The Hall–Kier alpha value is -3.62. The summed E-state index contributed by atoms with van der Waals surface area (Å²) in [6.45, 7) is 4.67. The maximum absolute atomic E-state index is 13.0. The van der Waals surface area contributed by atoms with Gasteiger partial charge in [0.15, 0.2) is 0 Å². The minimum Gasteiger partial charge on any atom is -0.387 e. The molecule has 480 valence electrons. The van der Waals surface area contributed by atoms with Gasteiger partial charge in [0, 0.05) is 6.42 Å². The van der Waals surface area contributed by atoms with Gasteiger partial charge in [0.1, 0.15) is 13.2 Å². The lowest BCUT2D eigenvalue weighted by atomic mass is 10.0. The van der Waals surface area contributed by atoms with Crippen molar-refractivity contribution in [3.63, 3.8) is 0 Å². The number of carbonyl (C=O) groups excluding carboxylic acids is 1. The minimum absolute atomic E-state index is 0.0435. The van der Waals surface area contributed by atoms with E-state index in [-0.39, 0.29) is 19.1 Å². The molecule has 84 heavy (non-hydrogen) atoms. The van der Waals surface area contributed by atoms with Crippen LogP contribution >= 0.6 is 7.82 Å². The predicted octanol–water partition coefficient (Wildman–Crippen LogP) is 22.0. The van der Waals surface area contributed by atoms with E-state index in [1.165, 1.54) is 135 Å². The molecule has 0 fully saturated rings. The monoisotopic (exact) mass is 1190 g/mol. The van der Waals surface area contributed by atoms with Crippen LogP contribution in [-0.2, 0) is 18.4 Å². The first-order chi connectivity index (χ1) is 41.0. The van der Waals surface area contributed by atoms with E-state index in [1.54, 1.807) is 6.08 Å². The number of carbonyl (C=O) groups is 1. The molecule has 3 N–H and O–H groups in total. The van der Waals surface area contributed by atoms with Crippen molar-refractivity contribution in [2.75, 3.05) is 40.9 Å². The van der Waals surface area contributed by atoms with E-state index in [2.05, 4.69) is 153 Å². The average molecular weight is 1190 g/mol. The Bertz CT molecular complexity index is 1880. The van der Waals surface area contributed by atoms with Crippen LogP contribution in [0, 0.1) is 0 Å². The fourth-order valence-corrected chi connectivity index (χ4v) is 9.98. The van der Waals surface area contributed by atoms with E-state index in [9.17, 15) is 19.4 Å². The van der Waals surface area contributed by atoms with Crippen LogP contribution in [0.25, 0.3) is 0 Å². The van der Waals surface area contributed by atoms with E-state index in [4.69, 9.17) is 9.05 Å². The predicted molar refractivity (Wildman–Crippen MR) is 368 cm³/mol. The number of phosphoric ester groups is 1. The van der Waals surface area contributed by atoms with Crippen LogP contribution < -0.4 is 5.32 Å². The molecule has 1 amide bonds. The van der Waals surface area contributed by atoms with E-state index in [1.807, 2.05) is 27.2 Å². The normalized spacial score (nSPS) is 14.6. The van der Waals surface area contributed by atoms with Gasteiger partial charge in [-0.2, -0.15) is 0 Å². The van der Waals surface area contributed by atoms with Gasteiger partial charge in [-0.15, -0.1) is 0 Å². The summed E-state index contributed by atoms with van der Waals surface area (Å²) >= 11 is 0. The fraction of sp³-hybridized carbons (Fsp3) is 0.667. The second kappa shape index (κ2) is 63.9. The van der Waals surface area contributed by atoms with Crippen molar-refractivity contribution in [2.45, 2.75) is 283 Å². The van der Waals surface area contributed by atoms with Crippen LogP contribution in [0.3, 0.4) is 0 Å². The van der Waals surface area contributed by atoms with Gasteiger partial charge in [0.25, 0.3) is 0 Å². The lowest BCUT2D eigenvalue weighted by Crippen LogP contribution is -2.45. The number of amides is 1. The molecule has 3 unspecified atom stereocenters. The van der Waals surface area contributed by atoms with E-state index in [0.717, 1.165) is 116 Å². The minimum atomic E-state index is -4.38. The molecule has 0 spiro atoms. The maximum atomic E-state index is 13.0. The molecule has 0 heterocycles. The number of hydrogen-bond acceptors (Lipinski definition) is 5. The third-order valence-corrected chi connectivity index (χ3v) is 15.5. The Kier molecular flexibility index (Phi) is 61.1. The van der Waals surface area contributed by atoms with Crippen molar-refractivity contribution in [1.29, 1.82) is 0 Å². The average Bonchev–Trinajstić information content (AvgIpc) is 3.56. The molecule has 0 aromatic rings. The van der Waals surface area contributed by atoms with Crippen molar-refractivity contribution in [1.82, 2.24) is 5.32 Å². The topological polar surface area (TPSA) is 105 Å². The summed E-state index contributed by atoms with van der Waals surface area (Å²) in [7, 11) is 1.52. The number of aliphatic hydroxyl groups excluding tert-OH is 1. The van der Waals surface area contributed by atoms with E-state index in [0.29, 0.717) is 17.4 Å². The quantitative estimate of drug-likeness (QED) is 0.0243. The van der Waals surface area contributed by atoms with Gasteiger partial charge in [-0.05, 0) is 116 Å². The highest BCUT2D eigenvalue weighted by Crippen LogP contribution is 2.43. The van der Waals surface area contributed by atoms with Crippen LogP contribution in [-0.4, -0.2) is 73.4 Å². The summed E-state index contributed by atoms with van der Waals surface area (Å²) in [5, 5.41) is 14.0. The number of aliphatic hydroxyl groups is 1. The zero-order valence-electron chi connectivity index (χ0n) is 54.8. The Balaban J connectivity index is 4.25. The summed E-state index contributed by atoms with van der Waals surface area (Å²) in [4.78, 5) is 23.4. The SMILES string of the molecule is CC/C=C\C/C=C\C/C=C\C/C=C\C/C=C\C/C=C\C/C=C\C/C=C\C/C=C\CCCCCCCCCC(=O)NC(COP(=O)(O)OCC[N+](C)(C)C)C(O)/C=C/CC/C=C/CC/C=C/CCCCCCCCCCCCCCCCCCC. The highest BCUT2D eigenvalue weighted by Gasteiger charge is 2.27. The first-order valence-corrected chi connectivity index (χ1v) is 35.7. The largest absolute Gasteiger partial charge is 0.472 e. The smallest absolute Gasteiger partial charge is 0.387 e. The molecule has 0 saturated heterocycles. The molecule has 0 aliphatic heterocycles. The third kappa shape index (κ3) is 65.9. The van der Waals surface area contributed by atoms with E-state index < -0.39 is 20.0 Å².